The maximum Gasteiger partial charge on any atom is 0.342 e. The fourth-order valence-electron chi connectivity index (χ4n) is 6.67. The van der Waals surface area contributed by atoms with Crippen LogP contribution in [0.5, 0.6) is 0 Å². The standard InChI is InChI=1S/C24H34O10/c1-10-7-15(31-12(3)25)19(28)22(5)16(32-13(4)26)9-14(27)11(2)18(22)20(29)24-17(8-10)33-21(30)23(24,6)34-24/h8,11,14-20,27-29H,7,9H2,1-6H3/b10-8-/t11-,14-,15-,16-,17-,18+,19-,20+,22-,23-,24+/m0/s1. The summed E-state index contributed by atoms with van der Waals surface area (Å²) in [5, 5.41) is 34.5. The van der Waals surface area contributed by atoms with Gasteiger partial charge in [0.2, 0.25) is 0 Å². The highest BCUT2D eigenvalue weighted by molar-refractivity contribution is 5.88. The number of esters is 3. The van der Waals surface area contributed by atoms with E-state index in [0.717, 1.165) is 0 Å². The largest absolute Gasteiger partial charge is 0.462 e. The van der Waals surface area contributed by atoms with Gasteiger partial charge < -0.3 is 34.3 Å². The second-order valence-corrected chi connectivity index (χ2v) is 10.7. The molecule has 0 amide bonds. The topological polar surface area (TPSA) is 152 Å². The molecule has 0 aromatic carbocycles. The van der Waals surface area contributed by atoms with Gasteiger partial charge in [0.05, 0.1) is 12.2 Å². The van der Waals surface area contributed by atoms with Gasteiger partial charge in [0.1, 0.15) is 18.3 Å². The van der Waals surface area contributed by atoms with Gasteiger partial charge in [0.25, 0.3) is 0 Å². The second kappa shape index (κ2) is 8.01. The summed E-state index contributed by atoms with van der Waals surface area (Å²) in [5.74, 6) is -3.35. The van der Waals surface area contributed by atoms with Gasteiger partial charge in [-0.15, -0.1) is 0 Å². The van der Waals surface area contributed by atoms with Gasteiger partial charge in [0.15, 0.2) is 17.3 Å². The fraction of sp³-hybridized carbons (Fsp3) is 0.792. The number of hydrogen-bond acceptors (Lipinski definition) is 10. The number of carbonyl (C=O) groups is 3. The van der Waals surface area contributed by atoms with Gasteiger partial charge in [-0.25, -0.2) is 4.79 Å². The highest BCUT2D eigenvalue weighted by Gasteiger charge is 2.86. The summed E-state index contributed by atoms with van der Waals surface area (Å²) in [4.78, 5) is 36.6. The van der Waals surface area contributed by atoms with Crippen molar-refractivity contribution in [3.05, 3.63) is 11.6 Å². The number of fused-ring (bicyclic) bond motifs is 1. The van der Waals surface area contributed by atoms with Crippen LogP contribution in [0.15, 0.2) is 11.6 Å². The first-order valence-electron chi connectivity index (χ1n) is 11.7. The van der Waals surface area contributed by atoms with Crippen LogP contribution in [-0.4, -0.2) is 81.1 Å². The summed E-state index contributed by atoms with van der Waals surface area (Å²) in [6, 6.07) is 0. The van der Waals surface area contributed by atoms with Crippen LogP contribution in [0, 0.1) is 17.3 Å². The highest BCUT2D eigenvalue weighted by atomic mass is 16.7. The molecule has 2 aliphatic carbocycles. The number of ether oxygens (including phenoxy) is 4. The monoisotopic (exact) mass is 482 g/mol. The van der Waals surface area contributed by atoms with E-state index in [2.05, 4.69) is 0 Å². The summed E-state index contributed by atoms with van der Waals surface area (Å²) < 4.78 is 22.6. The Balaban J connectivity index is 1.93. The molecule has 0 unspecified atom stereocenters. The summed E-state index contributed by atoms with van der Waals surface area (Å²) >= 11 is 0. The lowest BCUT2D eigenvalue weighted by Crippen LogP contribution is -2.66. The van der Waals surface area contributed by atoms with Crippen LogP contribution < -0.4 is 0 Å². The number of epoxide rings is 1. The molecule has 2 heterocycles. The predicted molar refractivity (Wildman–Crippen MR) is 115 cm³/mol. The molecule has 4 rings (SSSR count). The van der Waals surface area contributed by atoms with E-state index in [9.17, 15) is 29.7 Å². The molecule has 1 saturated carbocycles. The first-order valence-corrected chi connectivity index (χ1v) is 11.7. The molecule has 10 heteroatoms. The van der Waals surface area contributed by atoms with Crippen molar-refractivity contribution in [1.82, 2.24) is 0 Å². The zero-order valence-electron chi connectivity index (χ0n) is 20.3. The Hall–Kier alpha value is -2.01. The molecule has 10 nitrogen and oxygen atoms in total. The molecule has 3 fully saturated rings. The second-order valence-electron chi connectivity index (χ2n) is 10.7. The lowest BCUT2D eigenvalue weighted by Gasteiger charge is -2.56. The third kappa shape index (κ3) is 3.33. The quantitative estimate of drug-likeness (QED) is 0.218. The van der Waals surface area contributed by atoms with E-state index in [1.54, 1.807) is 33.8 Å². The highest BCUT2D eigenvalue weighted by Crippen LogP contribution is 2.64. The van der Waals surface area contributed by atoms with Crippen molar-refractivity contribution in [2.75, 3.05) is 0 Å². The van der Waals surface area contributed by atoms with Crippen LogP contribution in [0.2, 0.25) is 0 Å². The van der Waals surface area contributed by atoms with Crippen LogP contribution in [0.3, 0.4) is 0 Å². The van der Waals surface area contributed by atoms with Crippen LogP contribution in [0.1, 0.15) is 54.4 Å². The molecular formula is C24H34O10. The van der Waals surface area contributed by atoms with Crippen LogP contribution in [0.25, 0.3) is 0 Å². The number of aliphatic hydroxyl groups is 3. The average Bonchev–Trinajstić information content (AvgIpc) is 3.31. The van der Waals surface area contributed by atoms with E-state index in [-0.39, 0.29) is 12.8 Å². The van der Waals surface area contributed by atoms with E-state index in [4.69, 9.17) is 18.9 Å². The van der Waals surface area contributed by atoms with E-state index >= 15 is 0 Å². The van der Waals surface area contributed by atoms with Crippen molar-refractivity contribution in [3.8, 4) is 0 Å². The first kappa shape index (κ1) is 25.1. The fourth-order valence-corrected chi connectivity index (χ4v) is 6.67. The third-order valence-corrected chi connectivity index (χ3v) is 8.52. The number of carbonyl (C=O) groups excluding carboxylic acids is 3. The third-order valence-electron chi connectivity index (χ3n) is 8.52. The van der Waals surface area contributed by atoms with Crippen molar-refractivity contribution in [2.45, 2.75) is 102 Å². The van der Waals surface area contributed by atoms with E-state index in [1.165, 1.54) is 13.8 Å². The Morgan fingerprint density at radius 3 is 2.26 bits per heavy atom. The zero-order chi connectivity index (χ0) is 25.4. The summed E-state index contributed by atoms with van der Waals surface area (Å²) in [7, 11) is 0. The predicted octanol–water partition coefficient (Wildman–Crippen LogP) is 0.398. The first-order chi connectivity index (χ1) is 15.7. The van der Waals surface area contributed by atoms with Gasteiger partial charge in [-0.2, -0.15) is 0 Å². The molecule has 3 N–H and O–H groups in total. The van der Waals surface area contributed by atoms with Crippen molar-refractivity contribution in [1.29, 1.82) is 0 Å². The molecular weight excluding hydrogens is 448 g/mol. The molecule has 4 aliphatic rings. The van der Waals surface area contributed by atoms with Gasteiger partial charge in [-0.3, -0.25) is 9.59 Å². The van der Waals surface area contributed by atoms with Crippen molar-refractivity contribution in [2.24, 2.45) is 17.3 Å². The molecule has 2 aliphatic heterocycles. The Morgan fingerprint density at radius 2 is 1.71 bits per heavy atom. The van der Waals surface area contributed by atoms with E-state index < -0.39 is 83.0 Å². The van der Waals surface area contributed by atoms with Gasteiger partial charge in [0, 0.05) is 38.0 Å². The van der Waals surface area contributed by atoms with Crippen molar-refractivity contribution >= 4 is 17.9 Å². The minimum absolute atomic E-state index is 0.0170. The molecule has 34 heavy (non-hydrogen) atoms. The Morgan fingerprint density at radius 1 is 1.09 bits per heavy atom. The lowest BCUT2D eigenvalue weighted by molar-refractivity contribution is -0.235. The molecule has 0 radical (unpaired) electrons. The minimum atomic E-state index is -1.43. The summed E-state index contributed by atoms with van der Waals surface area (Å²) in [6.45, 7) is 9.13. The summed E-state index contributed by atoms with van der Waals surface area (Å²) in [6.07, 6.45) is -4.93. The number of rotatable bonds is 2. The van der Waals surface area contributed by atoms with Gasteiger partial charge in [-0.1, -0.05) is 19.4 Å². The van der Waals surface area contributed by atoms with E-state index in [1.807, 2.05) is 0 Å². The molecule has 0 aromatic heterocycles. The van der Waals surface area contributed by atoms with Crippen LogP contribution in [0.4, 0.5) is 0 Å². The molecule has 190 valence electrons. The maximum absolute atomic E-state index is 12.7. The normalized spacial score (nSPS) is 51.6. The van der Waals surface area contributed by atoms with Crippen molar-refractivity contribution in [3.63, 3.8) is 0 Å². The average molecular weight is 483 g/mol. The molecule has 1 spiro atoms. The summed E-state index contributed by atoms with van der Waals surface area (Å²) in [5.41, 5.74) is -3.55. The van der Waals surface area contributed by atoms with Crippen molar-refractivity contribution < 1.29 is 48.7 Å². The lowest BCUT2D eigenvalue weighted by atomic mass is 9.53. The molecule has 2 saturated heterocycles. The SMILES string of the molecule is CC(=O)O[C@H]1C/C(C)=C\[C@@H]2OC(=O)[C@]3(C)O[C@@]23[C@H](O)[C@H]2[C@@H](C)[C@@H](O)C[C@H](OC(C)=O)[C@]2(C)[C@H]1O. The number of hydrogen-bond donors (Lipinski definition) is 3. The zero-order valence-corrected chi connectivity index (χ0v) is 20.3. The minimum Gasteiger partial charge on any atom is -0.462 e. The number of aliphatic hydroxyl groups excluding tert-OH is 3. The van der Waals surface area contributed by atoms with E-state index in [0.29, 0.717) is 5.57 Å². The Labute approximate surface area is 198 Å². The molecule has 0 bridgehead atoms. The van der Waals surface area contributed by atoms with Crippen LogP contribution >= 0.6 is 0 Å². The smallest absolute Gasteiger partial charge is 0.342 e. The van der Waals surface area contributed by atoms with Gasteiger partial charge >= 0.3 is 17.9 Å². The maximum atomic E-state index is 12.7. The molecule has 0 aromatic rings. The van der Waals surface area contributed by atoms with Gasteiger partial charge in [-0.05, 0) is 25.8 Å². The Bertz CT molecular complexity index is 931. The Kier molecular flexibility index (Phi) is 5.91. The molecule has 11 atom stereocenters. The van der Waals surface area contributed by atoms with Crippen LogP contribution in [-0.2, 0) is 33.3 Å².